The number of nitrogens with zero attached hydrogens (tertiary/aromatic N) is 3. The van der Waals surface area contributed by atoms with Crippen LogP contribution < -0.4 is 0 Å². The van der Waals surface area contributed by atoms with E-state index in [1.54, 1.807) is 0 Å². The van der Waals surface area contributed by atoms with Gasteiger partial charge < -0.3 is 15.0 Å². The Morgan fingerprint density at radius 1 is 1.29 bits per heavy atom. The molecule has 1 saturated heterocycles. The van der Waals surface area contributed by atoms with Crippen molar-refractivity contribution in [2.45, 2.75) is 19.0 Å². The first-order valence-electron chi connectivity index (χ1n) is 7.51. The minimum atomic E-state index is -1.26. The van der Waals surface area contributed by atoms with Crippen LogP contribution in [0.4, 0.5) is 0 Å². The average Bonchev–Trinajstić information content (AvgIpc) is 2.93. The van der Waals surface area contributed by atoms with Crippen molar-refractivity contribution < 1.29 is 19.5 Å². The number of aromatic nitrogens is 1. The third kappa shape index (κ3) is 2.15. The standard InChI is InChI=1S/C16H14N4O4/c21-14-8-20(17-6-15(22)23)16(24)13-5-10-9-3-1-2-4-11(9)18-12(10)7-19(13)14/h1-4,6,13,18H,5,7-8H2,(H,22,23)/b17-6+/t13-/m0/s1. The third-order valence-corrected chi connectivity index (χ3v) is 4.46. The zero-order chi connectivity index (χ0) is 16.8. The van der Waals surface area contributed by atoms with Gasteiger partial charge in [-0.2, -0.15) is 5.10 Å². The fourth-order valence-corrected chi connectivity index (χ4v) is 3.38. The minimum Gasteiger partial charge on any atom is -0.477 e. The maximum absolute atomic E-state index is 12.6. The summed E-state index contributed by atoms with van der Waals surface area (Å²) in [7, 11) is 0. The van der Waals surface area contributed by atoms with E-state index in [0.29, 0.717) is 19.2 Å². The molecule has 24 heavy (non-hydrogen) atoms. The number of hydrogen-bond donors (Lipinski definition) is 2. The van der Waals surface area contributed by atoms with Crippen LogP contribution in [0.15, 0.2) is 29.4 Å². The molecular formula is C16H14N4O4. The van der Waals surface area contributed by atoms with Gasteiger partial charge in [-0.25, -0.2) is 9.80 Å². The van der Waals surface area contributed by atoms with Gasteiger partial charge in [-0.1, -0.05) is 18.2 Å². The number of para-hydroxylation sites is 1. The number of fused-ring (bicyclic) bond motifs is 4. The van der Waals surface area contributed by atoms with Crippen LogP contribution in [0.25, 0.3) is 10.9 Å². The molecule has 0 radical (unpaired) electrons. The molecule has 0 saturated carbocycles. The van der Waals surface area contributed by atoms with Gasteiger partial charge in [-0.15, -0.1) is 0 Å². The fraction of sp³-hybridized carbons (Fsp3) is 0.250. The van der Waals surface area contributed by atoms with Crippen molar-refractivity contribution in [3.8, 4) is 0 Å². The number of amides is 2. The molecule has 2 aliphatic heterocycles. The van der Waals surface area contributed by atoms with E-state index in [-0.39, 0.29) is 18.4 Å². The highest BCUT2D eigenvalue weighted by atomic mass is 16.4. The quantitative estimate of drug-likeness (QED) is 0.776. The zero-order valence-corrected chi connectivity index (χ0v) is 12.6. The number of carbonyl (C=O) groups excluding carboxylic acids is 2. The van der Waals surface area contributed by atoms with E-state index in [4.69, 9.17) is 5.11 Å². The Hall–Kier alpha value is -3.16. The number of H-pyrrole nitrogens is 1. The van der Waals surface area contributed by atoms with Crippen LogP contribution in [0.2, 0.25) is 0 Å². The molecule has 0 bridgehead atoms. The second-order valence-corrected chi connectivity index (χ2v) is 5.85. The Bertz CT molecular complexity index is 901. The monoisotopic (exact) mass is 326 g/mol. The number of benzene rings is 1. The number of carbonyl (C=O) groups is 3. The molecule has 2 aromatic rings. The van der Waals surface area contributed by atoms with Crippen molar-refractivity contribution in [2.24, 2.45) is 5.10 Å². The van der Waals surface area contributed by atoms with Gasteiger partial charge in [0.25, 0.3) is 5.91 Å². The number of piperazine rings is 1. The smallest absolute Gasteiger partial charge is 0.348 e. The molecule has 1 aromatic heterocycles. The Morgan fingerprint density at radius 3 is 2.88 bits per heavy atom. The van der Waals surface area contributed by atoms with Crippen LogP contribution in [-0.2, 0) is 27.3 Å². The molecule has 8 nitrogen and oxygen atoms in total. The normalized spacial score (nSPS) is 20.6. The van der Waals surface area contributed by atoms with Gasteiger partial charge in [-0.05, 0) is 11.6 Å². The lowest BCUT2D eigenvalue weighted by Crippen LogP contribution is -2.60. The molecule has 8 heteroatoms. The first-order chi connectivity index (χ1) is 11.5. The predicted molar refractivity (Wildman–Crippen MR) is 84.2 cm³/mol. The Labute approximate surface area is 136 Å². The predicted octanol–water partition coefficient (Wildman–Crippen LogP) is 0.334. The number of rotatable bonds is 2. The van der Waals surface area contributed by atoms with E-state index in [1.165, 1.54) is 4.90 Å². The van der Waals surface area contributed by atoms with Crippen molar-refractivity contribution >= 4 is 34.9 Å². The summed E-state index contributed by atoms with van der Waals surface area (Å²) in [4.78, 5) is 40.4. The zero-order valence-electron chi connectivity index (χ0n) is 12.6. The lowest BCUT2D eigenvalue weighted by atomic mass is 9.94. The molecule has 1 aromatic carbocycles. The lowest BCUT2D eigenvalue weighted by molar-refractivity contribution is -0.157. The van der Waals surface area contributed by atoms with Gasteiger partial charge in [0.1, 0.15) is 18.8 Å². The van der Waals surface area contributed by atoms with Crippen molar-refractivity contribution in [1.82, 2.24) is 14.9 Å². The first-order valence-corrected chi connectivity index (χ1v) is 7.51. The highest BCUT2D eigenvalue weighted by molar-refractivity contribution is 6.22. The number of carboxylic acids is 1. The van der Waals surface area contributed by atoms with Crippen LogP contribution in [0.1, 0.15) is 11.3 Å². The Morgan fingerprint density at radius 2 is 2.08 bits per heavy atom. The summed E-state index contributed by atoms with van der Waals surface area (Å²) in [5.74, 6) is -1.87. The van der Waals surface area contributed by atoms with Crippen LogP contribution in [0.5, 0.6) is 0 Å². The van der Waals surface area contributed by atoms with Gasteiger partial charge in [-0.3, -0.25) is 9.59 Å². The molecule has 3 heterocycles. The number of aromatic amines is 1. The topological polar surface area (TPSA) is 106 Å². The molecule has 2 aliphatic rings. The van der Waals surface area contributed by atoms with E-state index in [0.717, 1.165) is 27.2 Å². The lowest BCUT2D eigenvalue weighted by Gasteiger charge is -2.40. The molecule has 2 N–H and O–H groups in total. The van der Waals surface area contributed by atoms with E-state index in [9.17, 15) is 14.4 Å². The Balaban J connectivity index is 1.71. The van der Waals surface area contributed by atoms with Gasteiger partial charge in [0.15, 0.2) is 0 Å². The van der Waals surface area contributed by atoms with Crippen LogP contribution in [0.3, 0.4) is 0 Å². The molecule has 0 unspecified atom stereocenters. The Kier molecular flexibility index (Phi) is 3.12. The molecule has 1 fully saturated rings. The van der Waals surface area contributed by atoms with Gasteiger partial charge >= 0.3 is 5.97 Å². The molecule has 4 rings (SSSR count). The van der Waals surface area contributed by atoms with Crippen molar-refractivity contribution in [2.75, 3.05) is 6.54 Å². The largest absolute Gasteiger partial charge is 0.477 e. The average molecular weight is 326 g/mol. The van der Waals surface area contributed by atoms with E-state index in [1.807, 2.05) is 24.3 Å². The van der Waals surface area contributed by atoms with Crippen LogP contribution in [-0.4, -0.2) is 56.6 Å². The molecule has 0 aliphatic carbocycles. The molecule has 2 amide bonds. The van der Waals surface area contributed by atoms with Gasteiger partial charge in [0.05, 0.1) is 6.54 Å². The number of carboxylic acid groups (broad SMARTS) is 1. The van der Waals surface area contributed by atoms with Gasteiger partial charge in [0.2, 0.25) is 5.91 Å². The summed E-state index contributed by atoms with van der Waals surface area (Å²) in [6.45, 7) is 0.102. The van der Waals surface area contributed by atoms with Crippen LogP contribution in [0, 0.1) is 0 Å². The second kappa shape index (κ2) is 5.19. The SMILES string of the molecule is O=C(O)/C=N/N1CC(=O)N2Cc3[nH]c4ccccc4c3C[C@H]2C1=O. The maximum Gasteiger partial charge on any atom is 0.348 e. The molecular weight excluding hydrogens is 312 g/mol. The summed E-state index contributed by atoms with van der Waals surface area (Å²) in [6, 6.07) is 7.15. The van der Waals surface area contributed by atoms with Crippen LogP contribution >= 0.6 is 0 Å². The van der Waals surface area contributed by atoms with E-state index in [2.05, 4.69) is 10.1 Å². The second-order valence-electron chi connectivity index (χ2n) is 5.85. The van der Waals surface area contributed by atoms with Crippen molar-refractivity contribution in [3.63, 3.8) is 0 Å². The number of nitrogens with one attached hydrogen (secondary N) is 1. The third-order valence-electron chi connectivity index (χ3n) is 4.46. The van der Waals surface area contributed by atoms with Crippen molar-refractivity contribution in [1.29, 1.82) is 0 Å². The van der Waals surface area contributed by atoms with E-state index >= 15 is 0 Å². The minimum absolute atomic E-state index is 0.241. The van der Waals surface area contributed by atoms with E-state index < -0.39 is 12.0 Å². The molecule has 0 spiro atoms. The summed E-state index contributed by atoms with van der Waals surface area (Å²) in [5, 5.41) is 14.3. The number of hydrazone groups is 1. The first kappa shape index (κ1) is 14.4. The molecule has 1 atom stereocenters. The summed E-state index contributed by atoms with van der Waals surface area (Å²) < 4.78 is 0. The maximum atomic E-state index is 12.6. The highest BCUT2D eigenvalue weighted by Crippen LogP contribution is 2.32. The molecule has 122 valence electrons. The number of aliphatic carboxylic acids is 1. The fourth-order valence-electron chi connectivity index (χ4n) is 3.38. The van der Waals surface area contributed by atoms with Gasteiger partial charge in [0, 0.05) is 23.0 Å². The summed E-state index contributed by atoms with van der Waals surface area (Å²) in [5.41, 5.74) is 2.94. The van der Waals surface area contributed by atoms with Crippen molar-refractivity contribution in [3.05, 3.63) is 35.5 Å². The summed E-state index contributed by atoms with van der Waals surface area (Å²) >= 11 is 0. The number of hydrogen-bond acceptors (Lipinski definition) is 4. The highest BCUT2D eigenvalue weighted by Gasteiger charge is 2.43. The summed E-state index contributed by atoms with van der Waals surface area (Å²) in [6.07, 6.45) is 1.02.